The summed E-state index contributed by atoms with van der Waals surface area (Å²) in [7, 11) is 0. The van der Waals surface area contributed by atoms with Crippen molar-refractivity contribution in [3.63, 3.8) is 0 Å². The quantitative estimate of drug-likeness (QED) is 0.811. The Morgan fingerprint density at radius 2 is 2.25 bits per heavy atom. The van der Waals surface area contributed by atoms with Gasteiger partial charge in [-0.15, -0.1) is 0 Å². The van der Waals surface area contributed by atoms with Crippen LogP contribution in [0.5, 0.6) is 0 Å². The Bertz CT molecular complexity index is 356. The molecule has 5 heteroatoms. The Balaban J connectivity index is 1.98. The second-order valence-corrected chi connectivity index (χ2v) is 5.44. The summed E-state index contributed by atoms with van der Waals surface area (Å²) in [6.07, 6.45) is 0.637. The van der Waals surface area contributed by atoms with Gasteiger partial charge in [0.15, 0.2) is 5.82 Å². The van der Waals surface area contributed by atoms with Crippen LogP contribution >= 0.6 is 0 Å². The molecule has 1 N–H and O–H groups in total. The number of hydrogen-bond donors (Lipinski definition) is 1. The lowest BCUT2D eigenvalue weighted by atomic mass is 9.97. The fraction of sp³-hybridized carbons (Fsp3) is 0.818. The molecule has 0 aromatic carbocycles. The first-order chi connectivity index (χ1) is 7.45. The second kappa shape index (κ2) is 4.14. The highest BCUT2D eigenvalue weighted by atomic mass is 16.5. The summed E-state index contributed by atoms with van der Waals surface area (Å²) in [5, 5.41) is 13.4. The number of likely N-dealkylation sites (tertiary alicyclic amines) is 1. The summed E-state index contributed by atoms with van der Waals surface area (Å²) in [6.45, 7) is 8.41. The van der Waals surface area contributed by atoms with Crippen molar-refractivity contribution in [2.24, 2.45) is 0 Å². The maximum Gasteiger partial charge on any atom is 0.232 e. The minimum absolute atomic E-state index is 0.101. The number of rotatable bonds is 2. The van der Waals surface area contributed by atoms with Crippen LogP contribution in [0.2, 0.25) is 0 Å². The van der Waals surface area contributed by atoms with Gasteiger partial charge in [-0.2, -0.15) is 4.98 Å². The van der Waals surface area contributed by atoms with Crippen LogP contribution in [0.25, 0.3) is 0 Å². The van der Waals surface area contributed by atoms with E-state index in [2.05, 4.69) is 15.0 Å². The average molecular weight is 225 g/mol. The summed E-state index contributed by atoms with van der Waals surface area (Å²) in [5.41, 5.74) is -0.101. The van der Waals surface area contributed by atoms with Crippen LogP contribution in [-0.4, -0.2) is 39.3 Å². The summed E-state index contributed by atoms with van der Waals surface area (Å²) < 4.78 is 5.22. The van der Waals surface area contributed by atoms with Crippen LogP contribution in [0.15, 0.2) is 4.52 Å². The van der Waals surface area contributed by atoms with Crippen LogP contribution in [0.3, 0.4) is 0 Å². The van der Waals surface area contributed by atoms with E-state index in [4.69, 9.17) is 4.52 Å². The third kappa shape index (κ3) is 2.59. The number of nitrogens with zero attached hydrogens (tertiary/aromatic N) is 3. The van der Waals surface area contributed by atoms with E-state index in [1.165, 1.54) is 0 Å². The summed E-state index contributed by atoms with van der Waals surface area (Å²) in [5.74, 6) is 1.38. The minimum Gasteiger partial charge on any atom is -0.392 e. The van der Waals surface area contributed by atoms with Gasteiger partial charge in [0.25, 0.3) is 0 Å². The third-order valence-electron chi connectivity index (χ3n) is 2.72. The molecule has 1 aliphatic heterocycles. The molecule has 16 heavy (non-hydrogen) atoms. The maximum absolute atomic E-state index is 9.41. The Morgan fingerprint density at radius 3 is 2.75 bits per heavy atom. The average Bonchev–Trinajstić information content (AvgIpc) is 2.74. The molecule has 1 aromatic heterocycles. The Kier molecular flexibility index (Phi) is 2.99. The number of hydrogen-bond acceptors (Lipinski definition) is 5. The van der Waals surface area contributed by atoms with Crippen molar-refractivity contribution in [1.82, 2.24) is 15.0 Å². The first-order valence-corrected chi connectivity index (χ1v) is 5.68. The van der Waals surface area contributed by atoms with Gasteiger partial charge in [0, 0.05) is 18.5 Å². The predicted molar refractivity (Wildman–Crippen MR) is 58.9 cm³/mol. The van der Waals surface area contributed by atoms with Gasteiger partial charge in [-0.3, -0.25) is 4.90 Å². The lowest BCUT2D eigenvalue weighted by Crippen LogP contribution is -2.22. The van der Waals surface area contributed by atoms with Gasteiger partial charge in [-0.05, 0) is 6.42 Å². The van der Waals surface area contributed by atoms with E-state index in [-0.39, 0.29) is 11.5 Å². The summed E-state index contributed by atoms with van der Waals surface area (Å²) in [4.78, 5) is 6.51. The number of aliphatic hydroxyl groups is 1. The lowest BCUT2D eigenvalue weighted by molar-refractivity contribution is 0.173. The zero-order valence-electron chi connectivity index (χ0n) is 10.1. The fourth-order valence-electron chi connectivity index (χ4n) is 1.78. The molecule has 0 amide bonds. The minimum atomic E-state index is -0.200. The Morgan fingerprint density at radius 1 is 1.50 bits per heavy atom. The van der Waals surface area contributed by atoms with Gasteiger partial charge in [0.1, 0.15) is 0 Å². The molecule has 0 radical (unpaired) electrons. The van der Waals surface area contributed by atoms with Crippen LogP contribution in [0, 0.1) is 0 Å². The van der Waals surface area contributed by atoms with Crippen molar-refractivity contribution < 1.29 is 9.63 Å². The van der Waals surface area contributed by atoms with E-state index < -0.39 is 0 Å². The standard InChI is InChI=1S/C11H19N3O2/c1-11(2,3)10-12-9(13-16-10)7-14-5-4-8(15)6-14/h8,15H,4-7H2,1-3H3/t8-/m0/s1. The van der Waals surface area contributed by atoms with Gasteiger partial charge in [0.05, 0.1) is 12.6 Å². The monoisotopic (exact) mass is 225 g/mol. The lowest BCUT2D eigenvalue weighted by Gasteiger charge is -2.12. The molecule has 1 saturated heterocycles. The molecule has 2 rings (SSSR count). The van der Waals surface area contributed by atoms with Crippen LogP contribution in [0.1, 0.15) is 38.9 Å². The third-order valence-corrected chi connectivity index (χ3v) is 2.72. The molecule has 90 valence electrons. The van der Waals surface area contributed by atoms with Crippen molar-refractivity contribution in [2.75, 3.05) is 13.1 Å². The molecule has 1 aromatic rings. The van der Waals surface area contributed by atoms with Gasteiger partial charge in [-0.25, -0.2) is 0 Å². The topological polar surface area (TPSA) is 62.4 Å². The van der Waals surface area contributed by atoms with Crippen molar-refractivity contribution in [1.29, 1.82) is 0 Å². The molecule has 1 atom stereocenters. The summed E-state index contributed by atoms with van der Waals surface area (Å²) >= 11 is 0. The molecule has 0 saturated carbocycles. The van der Waals surface area contributed by atoms with E-state index >= 15 is 0 Å². The fourth-order valence-corrected chi connectivity index (χ4v) is 1.78. The van der Waals surface area contributed by atoms with Crippen molar-refractivity contribution in [3.05, 3.63) is 11.7 Å². The Hall–Kier alpha value is -0.940. The van der Waals surface area contributed by atoms with Gasteiger partial charge < -0.3 is 9.63 Å². The normalized spacial score (nSPS) is 22.9. The molecule has 0 spiro atoms. The zero-order valence-corrected chi connectivity index (χ0v) is 10.1. The predicted octanol–water partition coefficient (Wildman–Crippen LogP) is 0.934. The molecule has 0 bridgehead atoms. The largest absolute Gasteiger partial charge is 0.392 e. The maximum atomic E-state index is 9.41. The van der Waals surface area contributed by atoms with E-state index in [9.17, 15) is 5.11 Å². The van der Waals surface area contributed by atoms with Crippen LogP contribution in [0.4, 0.5) is 0 Å². The smallest absolute Gasteiger partial charge is 0.232 e. The molecular weight excluding hydrogens is 206 g/mol. The van der Waals surface area contributed by atoms with Gasteiger partial charge in [-0.1, -0.05) is 25.9 Å². The first-order valence-electron chi connectivity index (χ1n) is 5.68. The number of β-amino-alcohol motifs (C(OH)–C–C–N with tert-alkyl or cyclic N) is 1. The molecular formula is C11H19N3O2. The zero-order chi connectivity index (χ0) is 11.8. The number of aromatic nitrogens is 2. The highest BCUT2D eigenvalue weighted by Gasteiger charge is 2.24. The molecule has 0 unspecified atom stereocenters. The van der Waals surface area contributed by atoms with E-state index in [1.807, 2.05) is 20.8 Å². The van der Waals surface area contributed by atoms with Gasteiger partial charge >= 0.3 is 0 Å². The highest BCUT2D eigenvalue weighted by molar-refractivity contribution is 4.98. The summed E-state index contributed by atoms with van der Waals surface area (Å²) in [6, 6.07) is 0. The molecule has 1 fully saturated rings. The second-order valence-electron chi connectivity index (χ2n) is 5.44. The molecule has 0 aliphatic carbocycles. The van der Waals surface area contributed by atoms with E-state index in [1.54, 1.807) is 0 Å². The van der Waals surface area contributed by atoms with Crippen LogP contribution < -0.4 is 0 Å². The van der Waals surface area contributed by atoms with E-state index in [0.717, 1.165) is 13.0 Å². The molecule has 5 nitrogen and oxygen atoms in total. The number of aliphatic hydroxyl groups excluding tert-OH is 1. The van der Waals surface area contributed by atoms with Crippen molar-refractivity contribution in [2.45, 2.75) is 45.3 Å². The molecule has 1 aliphatic rings. The van der Waals surface area contributed by atoms with E-state index in [0.29, 0.717) is 24.8 Å². The van der Waals surface area contributed by atoms with Crippen LogP contribution in [-0.2, 0) is 12.0 Å². The molecule has 2 heterocycles. The highest BCUT2D eigenvalue weighted by Crippen LogP contribution is 2.20. The SMILES string of the molecule is CC(C)(C)c1nc(CN2CC[C@H](O)C2)no1. The van der Waals surface area contributed by atoms with Gasteiger partial charge in [0.2, 0.25) is 5.89 Å². The van der Waals surface area contributed by atoms with Crippen molar-refractivity contribution >= 4 is 0 Å². The Labute approximate surface area is 95.4 Å². The van der Waals surface area contributed by atoms with Crippen molar-refractivity contribution in [3.8, 4) is 0 Å². The first kappa shape index (κ1) is 11.5.